The topological polar surface area (TPSA) is 77.0 Å². The van der Waals surface area contributed by atoms with Gasteiger partial charge in [0.05, 0.1) is 13.2 Å². The van der Waals surface area contributed by atoms with Crippen LogP contribution in [0.2, 0.25) is 0 Å². The average Bonchev–Trinajstić information content (AvgIpc) is 2.43. The van der Waals surface area contributed by atoms with Crippen LogP contribution in [-0.2, 0) is 14.3 Å². The van der Waals surface area contributed by atoms with E-state index in [2.05, 4.69) is 10.5 Å². The second-order valence-electron chi connectivity index (χ2n) is 3.83. The van der Waals surface area contributed by atoms with Crippen molar-refractivity contribution in [1.29, 1.82) is 0 Å². The van der Waals surface area contributed by atoms with Crippen LogP contribution in [0.25, 0.3) is 0 Å². The van der Waals surface area contributed by atoms with E-state index < -0.39 is 11.9 Å². The second-order valence-corrected chi connectivity index (χ2v) is 3.83. The number of hydrogen-bond donors (Lipinski definition) is 1. The zero-order valence-corrected chi connectivity index (χ0v) is 11.8. The highest BCUT2D eigenvalue weighted by Gasteiger charge is 2.15. The van der Waals surface area contributed by atoms with Crippen molar-refractivity contribution < 1.29 is 19.1 Å². The average molecular weight is 278 g/mol. The van der Waals surface area contributed by atoms with Gasteiger partial charge in [-0.25, -0.2) is 10.2 Å². The molecule has 6 heteroatoms. The number of carbonyl (C=O) groups is 2. The molecule has 0 saturated heterocycles. The molecule has 6 nitrogen and oxygen atoms in total. The number of rotatable bonds is 4. The van der Waals surface area contributed by atoms with E-state index in [4.69, 9.17) is 9.47 Å². The summed E-state index contributed by atoms with van der Waals surface area (Å²) >= 11 is 0. The van der Waals surface area contributed by atoms with Crippen molar-refractivity contribution in [3.05, 3.63) is 35.4 Å². The fraction of sp³-hybridized carbons (Fsp3) is 0.357. The Morgan fingerprint density at radius 3 is 2.40 bits per heavy atom. The molecule has 0 heterocycles. The molecule has 0 aromatic heterocycles. The summed E-state index contributed by atoms with van der Waals surface area (Å²) in [5, 5.41) is 3.67. The second kappa shape index (κ2) is 7.93. The van der Waals surface area contributed by atoms with Crippen molar-refractivity contribution >= 4 is 17.8 Å². The van der Waals surface area contributed by atoms with Crippen LogP contribution in [0.15, 0.2) is 29.4 Å². The molecular formula is C14H18N2O4. The monoisotopic (exact) mass is 278 g/mol. The zero-order valence-electron chi connectivity index (χ0n) is 11.8. The molecular weight excluding hydrogens is 260 g/mol. The summed E-state index contributed by atoms with van der Waals surface area (Å²) in [5.41, 5.74) is 3.58. The van der Waals surface area contributed by atoms with Gasteiger partial charge in [-0.2, -0.15) is 0 Å². The molecule has 1 aromatic rings. The van der Waals surface area contributed by atoms with E-state index in [0.717, 1.165) is 5.56 Å². The Hall–Kier alpha value is -2.37. The molecule has 0 bridgehead atoms. The van der Waals surface area contributed by atoms with Gasteiger partial charge in [0.2, 0.25) is 0 Å². The van der Waals surface area contributed by atoms with Gasteiger partial charge >= 0.3 is 11.9 Å². The zero-order chi connectivity index (χ0) is 15.0. The van der Waals surface area contributed by atoms with Crippen LogP contribution >= 0.6 is 0 Å². The van der Waals surface area contributed by atoms with E-state index in [1.165, 1.54) is 0 Å². The maximum atomic E-state index is 11.9. The molecule has 1 aromatic carbocycles. The number of hydrazone groups is 1. The highest BCUT2D eigenvalue weighted by atomic mass is 16.6. The first-order valence-corrected chi connectivity index (χ1v) is 6.33. The lowest BCUT2D eigenvalue weighted by Gasteiger charge is -2.07. The van der Waals surface area contributed by atoms with E-state index >= 15 is 0 Å². The first kappa shape index (κ1) is 15.7. The van der Waals surface area contributed by atoms with E-state index in [9.17, 15) is 9.59 Å². The van der Waals surface area contributed by atoms with Crippen LogP contribution in [0.4, 0.5) is 0 Å². The summed E-state index contributed by atoms with van der Waals surface area (Å²) in [6.07, 6.45) is 0. The van der Waals surface area contributed by atoms with Gasteiger partial charge in [-0.15, -0.1) is 5.10 Å². The molecule has 0 spiro atoms. The van der Waals surface area contributed by atoms with Crippen LogP contribution in [-0.4, -0.2) is 31.0 Å². The normalized spacial score (nSPS) is 10.8. The Morgan fingerprint density at radius 1 is 1.15 bits per heavy atom. The summed E-state index contributed by atoms with van der Waals surface area (Å²) in [6.45, 7) is 5.65. The summed E-state index contributed by atoms with van der Waals surface area (Å²) < 4.78 is 9.81. The maximum absolute atomic E-state index is 11.9. The highest BCUT2D eigenvalue weighted by Crippen LogP contribution is 2.06. The van der Waals surface area contributed by atoms with E-state index in [1.54, 1.807) is 26.0 Å². The summed E-state index contributed by atoms with van der Waals surface area (Å²) in [6, 6.07) is 7.07. The van der Waals surface area contributed by atoms with Crippen molar-refractivity contribution in [2.45, 2.75) is 20.8 Å². The third-order valence-electron chi connectivity index (χ3n) is 2.38. The third-order valence-corrected chi connectivity index (χ3v) is 2.38. The van der Waals surface area contributed by atoms with Crippen molar-refractivity contribution in [2.24, 2.45) is 5.10 Å². The lowest BCUT2D eigenvalue weighted by Crippen LogP contribution is -2.27. The third kappa shape index (κ3) is 4.38. The summed E-state index contributed by atoms with van der Waals surface area (Å²) in [4.78, 5) is 23.4. The Labute approximate surface area is 117 Å². The van der Waals surface area contributed by atoms with Crippen LogP contribution in [0.1, 0.15) is 29.8 Å². The largest absolute Gasteiger partial charge is 0.472 e. The van der Waals surface area contributed by atoms with Gasteiger partial charge in [0.1, 0.15) is 0 Å². The van der Waals surface area contributed by atoms with Crippen molar-refractivity contribution in [3.8, 4) is 0 Å². The van der Waals surface area contributed by atoms with Crippen LogP contribution in [0.3, 0.4) is 0 Å². The number of nitrogens with zero attached hydrogens (tertiary/aromatic N) is 1. The van der Waals surface area contributed by atoms with Gasteiger partial charge in [-0.3, -0.25) is 4.79 Å². The summed E-state index contributed by atoms with van der Waals surface area (Å²) in [7, 11) is 0. The number of esters is 1. The molecule has 108 valence electrons. The minimum absolute atomic E-state index is 0.205. The Balaban J connectivity index is 2.79. The Kier molecular flexibility index (Phi) is 6.22. The van der Waals surface area contributed by atoms with Crippen LogP contribution in [0, 0.1) is 6.92 Å². The number of carbonyl (C=O) groups excluding carboxylic acids is 2. The molecule has 0 aliphatic carbocycles. The predicted molar refractivity (Wildman–Crippen MR) is 74.3 cm³/mol. The first-order valence-electron chi connectivity index (χ1n) is 6.33. The van der Waals surface area contributed by atoms with Crippen molar-refractivity contribution in [3.63, 3.8) is 0 Å². The SMILES string of the molecule is CCOC(=O)/C(=N/NC(=O)c1ccccc1C)OCC. The molecule has 20 heavy (non-hydrogen) atoms. The predicted octanol–water partition coefficient (Wildman–Crippen LogP) is 1.64. The summed E-state index contributed by atoms with van der Waals surface area (Å²) in [5.74, 6) is -1.39. The molecule has 1 rings (SSSR count). The number of aryl methyl sites for hydroxylation is 1. The molecule has 0 radical (unpaired) electrons. The minimum atomic E-state index is -0.709. The highest BCUT2D eigenvalue weighted by molar-refractivity contribution is 6.32. The van der Waals surface area contributed by atoms with Crippen molar-refractivity contribution in [2.75, 3.05) is 13.2 Å². The number of hydrogen-bond acceptors (Lipinski definition) is 5. The number of ether oxygens (including phenoxy) is 2. The van der Waals surface area contributed by atoms with E-state index in [1.807, 2.05) is 19.1 Å². The lowest BCUT2D eigenvalue weighted by molar-refractivity contribution is -0.136. The standard InChI is InChI=1S/C14H18N2O4/c1-4-19-13(14(18)20-5-2)16-15-12(17)11-9-7-6-8-10(11)3/h6-9H,4-5H2,1-3H3,(H,15,17)/b16-13-. The Morgan fingerprint density at radius 2 is 1.80 bits per heavy atom. The van der Waals surface area contributed by atoms with E-state index in [-0.39, 0.29) is 19.1 Å². The lowest BCUT2D eigenvalue weighted by atomic mass is 10.1. The van der Waals surface area contributed by atoms with Crippen LogP contribution < -0.4 is 5.43 Å². The number of amides is 1. The molecule has 1 amide bonds. The quantitative estimate of drug-likeness (QED) is 0.393. The van der Waals surface area contributed by atoms with Gasteiger partial charge in [-0.1, -0.05) is 18.2 Å². The van der Waals surface area contributed by atoms with Gasteiger partial charge in [-0.05, 0) is 32.4 Å². The number of benzene rings is 1. The van der Waals surface area contributed by atoms with Gasteiger partial charge < -0.3 is 9.47 Å². The fourth-order valence-corrected chi connectivity index (χ4v) is 1.46. The Bertz CT molecular complexity index is 512. The number of nitrogens with one attached hydrogen (secondary N) is 1. The molecule has 0 unspecified atom stereocenters. The smallest absolute Gasteiger partial charge is 0.395 e. The van der Waals surface area contributed by atoms with Gasteiger partial charge in [0.25, 0.3) is 5.91 Å². The molecule has 0 atom stereocenters. The van der Waals surface area contributed by atoms with Gasteiger partial charge in [0, 0.05) is 5.56 Å². The molecule has 0 fully saturated rings. The first-order chi connectivity index (χ1) is 9.60. The fourth-order valence-electron chi connectivity index (χ4n) is 1.46. The van der Waals surface area contributed by atoms with E-state index in [0.29, 0.717) is 5.56 Å². The molecule has 0 aliphatic heterocycles. The van der Waals surface area contributed by atoms with Crippen LogP contribution in [0.5, 0.6) is 0 Å². The molecule has 0 aliphatic rings. The molecule has 1 N–H and O–H groups in total. The van der Waals surface area contributed by atoms with Gasteiger partial charge in [0.15, 0.2) is 0 Å². The molecule has 0 saturated carbocycles. The maximum Gasteiger partial charge on any atom is 0.395 e. The van der Waals surface area contributed by atoms with Crippen molar-refractivity contribution in [1.82, 2.24) is 5.43 Å². The minimum Gasteiger partial charge on any atom is -0.472 e.